The molecule has 3 heterocycles. The normalized spacial score (nSPS) is 18.3. The Balaban J connectivity index is 1.56. The van der Waals surface area contributed by atoms with Crippen LogP contribution in [-0.2, 0) is 0 Å². The van der Waals surface area contributed by atoms with E-state index in [9.17, 15) is 0 Å². The molecule has 0 bridgehead atoms. The molecule has 2 aliphatic heterocycles. The van der Waals surface area contributed by atoms with Crippen molar-refractivity contribution in [2.45, 2.75) is 51.4 Å². The molecule has 0 unspecified atom stereocenters. The number of nitrogens with one attached hydrogen (secondary N) is 1. The van der Waals surface area contributed by atoms with Crippen LogP contribution < -0.4 is 15.2 Å². The molecule has 2 aliphatic rings. The molecule has 30 heavy (non-hydrogen) atoms. The van der Waals surface area contributed by atoms with Gasteiger partial charge in [-0.2, -0.15) is 15.1 Å². The Kier molecular flexibility index (Phi) is 7.40. The fourth-order valence-corrected chi connectivity index (χ4v) is 4.20. The van der Waals surface area contributed by atoms with E-state index in [1.165, 1.54) is 51.4 Å². The minimum atomic E-state index is 0.722. The van der Waals surface area contributed by atoms with E-state index in [4.69, 9.17) is 21.6 Å². The Morgan fingerprint density at radius 2 is 1.40 bits per heavy atom. The van der Waals surface area contributed by atoms with Gasteiger partial charge in [0.15, 0.2) is 5.82 Å². The fraction of sp³-hybridized carbons (Fsp3) is 0.522. The number of aromatic nitrogens is 2. The lowest BCUT2D eigenvalue weighted by molar-refractivity contribution is 0.726. The first kappa shape index (κ1) is 20.9. The zero-order chi connectivity index (χ0) is 20.6. The van der Waals surface area contributed by atoms with Crippen LogP contribution in [-0.4, -0.2) is 42.4 Å². The van der Waals surface area contributed by atoms with Crippen molar-refractivity contribution in [2.24, 2.45) is 5.10 Å². The number of anilines is 3. The van der Waals surface area contributed by atoms with Crippen LogP contribution in [0.5, 0.6) is 0 Å². The topological polar surface area (TPSA) is 56.7 Å². The first-order valence-corrected chi connectivity index (χ1v) is 11.6. The van der Waals surface area contributed by atoms with Crippen LogP contribution in [0, 0.1) is 0 Å². The summed E-state index contributed by atoms with van der Waals surface area (Å²) in [6, 6.07) is 9.65. The second-order valence-electron chi connectivity index (χ2n) is 8.14. The maximum absolute atomic E-state index is 5.96. The van der Waals surface area contributed by atoms with Gasteiger partial charge < -0.3 is 9.80 Å². The molecule has 2 fully saturated rings. The number of hydrogen-bond acceptors (Lipinski definition) is 6. The minimum Gasteiger partial charge on any atom is -0.356 e. The summed E-state index contributed by atoms with van der Waals surface area (Å²) in [5.41, 5.74) is 4.12. The van der Waals surface area contributed by atoms with Crippen LogP contribution in [0.2, 0.25) is 5.02 Å². The zero-order valence-electron chi connectivity index (χ0n) is 17.6. The third-order valence-electron chi connectivity index (χ3n) is 5.78. The van der Waals surface area contributed by atoms with Crippen molar-refractivity contribution in [1.29, 1.82) is 0 Å². The Hall–Kier alpha value is -2.34. The fourth-order valence-electron chi connectivity index (χ4n) is 4.07. The van der Waals surface area contributed by atoms with Gasteiger partial charge in [-0.1, -0.05) is 49.4 Å². The average Bonchev–Trinajstić information content (AvgIpc) is 3.21. The Labute approximate surface area is 184 Å². The largest absolute Gasteiger partial charge is 0.356 e. The lowest BCUT2D eigenvalue weighted by atomic mass is 10.2. The summed E-state index contributed by atoms with van der Waals surface area (Å²) in [6.45, 7) is 4.17. The maximum atomic E-state index is 5.96. The van der Waals surface area contributed by atoms with Crippen molar-refractivity contribution in [3.05, 3.63) is 40.9 Å². The third kappa shape index (κ3) is 5.85. The van der Waals surface area contributed by atoms with Crippen LogP contribution in [0.3, 0.4) is 0 Å². The Morgan fingerprint density at radius 1 is 0.800 bits per heavy atom. The van der Waals surface area contributed by atoms with Gasteiger partial charge in [0.2, 0.25) is 5.95 Å². The van der Waals surface area contributed by atoms with Gasteiger partial charge in [0, 0.05) is 37.3 Å². The average molecular weight is 427 g/mol. The van der Waals surface area contributed by atoms with Crippen molar-refractivity contribution < 1.29 is 0 Å². The van der Waals surface area contributed by atoms with E-state index in [1.807, 2.05) is 30.3 Å². The van der Waals surface area contributed by atoms with E-state index >= 15 is 0 Å². The monoisotopic (exact) mass is 426 g/mol. The molecule has 2 saturated heterocycles. The van der Waals surface area contributed by atoms with Crippen LogP contribution in [0.15, 0.2) is 35.4 Å². The van der Waals surface area contributed by atoms with Crippen molar-refractivity contribution in [1.82, 2.24) is 9.97 Å². The number of benzene rings is 1. The molecule has 7 heteroatoms. The molecule has 160 valence electrons. The van der Waals surface area contributed by atoms with Gasteiger partial charge >= 0.3 is 0 Å². The van der Waals surface area contributed by atoms with E-state index < -0.39 is 0 Å². The molecular formula is C23H31ClN6. The van der Waals surface area contributed by atoms with Crippen molar-refractivity contribution >= 4 is 35.4 Å². The molecule has 0 aliphatic carbocycles. The molecule has 0 spiro atoms. The van der Waals surface area contributed by atoms with Crippen molar-refractivity contribution in [2.75, 3.05) is 41.4 Å². The lowest BCUT2D eigenvalue weighted by Crippen LogP contribution is -2.29. The molecule has 0 amide bonds. The second kappa shape index (κ2) is 10.6. The smallest absolute Gasteiger partial charge is 0.229 e. The molecule has 1 N–H and O–H groups in total. The highest BCUT2D eigenvalue weighted by molar-refractivity contribution is 6.30. The summed E-state index contributed by atoms with van der Waals surface area (Å²) < 4.78 is 0. The Morgan fingerprint density at radius 3 is 2.03 bits per heavy atom. The highest BCUT2D eigenvalue weighted by Gasteiger charge is 2.18. The van der Waals surface area contributed by atoms with Gasteiger partial charge in [-0.05, 0) is 43.4 Å². The van der Waals surface area contributed by atoms with Gasteiger partial charge in [0.05, 0.1) is 6.21 Å². The van der Waals surface area contributed by atoms with Gasteiger partial charge in [-0.25, -0.2) is 0 Å². The molecule has 0 radical (unpaired) electrons. The van der Waals surface area contributed by atoms with E-state index in [2.05, 4.69) is 20.3 Å². The molecule has 2 aromatic rings. The van der Waals surface area contributed by atoms with Crippen LogP contribution >= 0.6 is 11.6 Å². The van der Waals surface area contributed by atoms with Crippen molar-refractivity contribution in [3.8, 4) is 0 Å². The number of rotatable bonds is 5. The summed E-state index contributed by atoms with van der Waals surface area (Å²) in [5.74, 6) is 2.58. The predicted molar refractivity (Wildman–Crippen MR) is 126 cm³/mol. The SMILES string of the molecule is Clc1ccc(/C=N/Nc2cc(N3CCCCCC3)nc(N3CCCCCC3)n2)cc1. The van der Waals surface area contributed by atoms with E-state index in [0.717, 1.165) is 54.3 Å². The van der Waals surface area contributed by atoms with Crippen molar-refractivity contribution in [3.63, 3.8) is 0 Å². The summed E-state index contributed by atoms with van der Waals surface area (Å²) in [5, 5.41) is 5.13. The second-order valence-corrected chi connectivity index (χ2v) is 8.57. The van der Waals surface area contributed by atoms with Gasteiger partial charge in [0.1, 0.15) is 5.82 Å². The highest BCUT2D eigenvalue weighted by Crippen LogP contribution is 2.25. The number of nitrogens with zero attached hydrogens (tertiary/aromatic N) is 5. The summed E-state index contributed by atoms with van der Waals surface area (Å²) in [4.78, 5) is 14.5. The van der Waals surface area contributed by atoms with Gasteiger partial charge in [-0.3, -0.25) is 5.43 Å². The van der Waals surface area contributed by atoms with Gasteiger partial charge in [0.25, 0.3) is 0 Å². The first-order valence-electron chi connectivity index (χ1n) is 11.2. The van der Waals surface area contributed by atoms with Crippen LogP contribution in [0.25, 0.3) is 0 Å². The number of halogens is 1. The van der Waals surface area contributed by atoms with Crippen LogP contribution in [0.4, 0.5) is 17.6 Å². The number of hydrazone groups is 1. The van der Waals surface area contributed by atoms with E-state index in [1.54, 1.807) is 6.21 Å². The van der Waals surface area contributed by atoms with E-state index in [0.29, 0.717) is 0 Å². The third-order valence-corrected chi connectivity index (χ3v) is 6.03. The molecule has 1 aromatic heterocycles. The minimum absolute atomic E-state index is 0.722. The summed E-state index contributed by atoms with van der Waals surface area (Å²) >= 11 is 5.96. The quantitative estimate of drug-likeness (QED) is 0.516. The zero-order valence-corrected chi connectivity index (χ0v) is 18.3. The number of hydrogen-bond donors (Lipinski definition) is 1. The Bertz CT molecular complexity index is 784. The van der Waals surface area contributed by atoms with E-state index in [-0.39, 0.29) is 0 Å². The highest BCUT2D eigenvalue weighted by atomic mass is 35.5. The molecular weight excluding hydrogens is 396 g/mol. The first-order chi connectivity index (χ1) is 14.8. The molecule has 6 nitrogen and oxygen atoms in total. The molecule has 4 rings (SSSR count). The molecule has 0 saturated carbocycles. The summed E-state index contributed by atoms with van der Waals surface area (Å²) in [6.07, 6.45) is 11.8. The molecule has 0 atom stereocenters. The lowest BCUT2D eigenvalue weighted by Gasteiger charge is -2.25. The molecule has 1 aromatic carbocycles. The summed E-state index contributed by atoms with van der Waals surface area (Å²) in [7, 11) is 0. The van der Waals surface area contributed by atoms with Crippen LogP contribution in [0.1, 0.15) is 56.9 Å². The predicted octanol–water partition coefficient (Wildman–Crippen LogP) is 5.34. The standard InChI is InChI=1S/C23H31ClN6/c24-20-11-9-19(10-12-20)18-25-28-21-17-22(29-13-5-1-2-6-14-29)27-23(26-21)30-15-7-3-4-8-16-30/h9-12,17-18H,1-8,13-16H2,(H,26,27,28)/b25-18+. The van der Waals surface area contributed by atoms with Gasteiger partial charge in [-0.15, -0.1) is 0 Å². The maximum Gasteiger partial charge on any atom is 0.229 e.